The zero-order valence-electron chi connectivity index (χ0n) is 12.4. The zero-order chi connectivity index (χ0) is 15.2. The molecule has 0 unspecified atom stereocenters. The molecule has 0 aliphatic heterocycles. The van der Waals surface area contributed by atoms with E-state index in [1.807, 2.05) is 12.1 Å². The average Bonchev–Trinajstić information content (AvgIpc) is 2.49. The number of halogens is 2. The van der Waals surface area contributed by atoms with Crippen molar-refractivity contribution >= 4 is 45.6 Å². The van der Waals surface area contributed by atoms with E-state index in [0.29, 0.717) is 0 Å². The third kappa shape index (κ3) is 4.51. The molecule has 0 fully saturated rings. The molecule has 2 nitrogen and oxygen atoms in total. The first-order valence-electron chi connectivity index (χ1n) is 7.16. The van der Waals surface area contributed by atoms with Crippen LogP contribution in [0, 0.1) is 3.57 Å². The van der Waals surface area contributed by atoms with Crippen LogP contribution in [0.25, 0.3) is 0 Å². The molecule has 0 saturated carbocycles. The molecule has 2 aromatic carbocycles. The maximum atomic E-state index is 6.23. The van der Waals surface area contributed by atoms with E-state index in [2.05, 4.69) is 77.0 Å². The predicted molar refractivity (Wildman–Crippen MR) is 101 cm³/mol. The summed E-state index contributed by atoms with van der Waals surface area (Å²) in [4.78, 5) is 2.34. The maximum absolute atomic E-state index is 6.23. The highest BCUT2D eigenvalue weighted by Gasteiger charge is 2.03. The van der Waals surface area contributed by atoms with Gasteiger partial charge >= 0.3 is 0 Å². The molecule has 0 bridgehead atoms. The summed E-state index contributed by atoms with van der Waals surface area (Å²) in [6.45, 7) is 7.20. The number of anilines is 2. The van der Waals surface area contributed by atoms with Gasteiger partial charge in [-0.25, -0.2) is 0 Å². The van der Waals surface area contributed by atoms with Crippen LogP contribution in [-0.4, -0.2) is 13.1 Å². The fourth-order valence-electron chi connectivity index (χ4n) is 2.24. The van der Waals surface area contributed by atoms with E-state index in [1.165, 1.54) is 11.3 Å². The smallest absolute Gasteiger partial charge is 0.0648 e. The molecule has 0 aliphatic rings. The standard InChI is InChI=1S/C17H20ClIN2/c1-3-21(4-2)15-8-5-13(6-9-15)12-20-17-10-7-14(19)11-16(17)18/h5-11,20H,3-4,12H2,1-2H3. The van der Waals surface area contributed by atoms with Crippen LogP contribution < -0.4 is 10.2 Å². The van der Waals surface area contributed by atoms with E-state index in [9.17, 15) is 0 Å². The minimum atomic E-state index is 0.765. The number of nitrogens with one attached hydrogen (secondary N) is 1. The monoisotopic (exact) mass is 414 g/mol. The third-order valence-electron chi connectivity index (χ3n) is 3.48. The van der Waals surface area contributed by atoms with Crippen molar-refractivity contribution in [3.63, 3.8) is 0 Å². The number of rotatable bonds is 6. The first-order valence-corrected chi connectivity index (χ1v) is 8.62. The van der Waals surface area contributed by atoms with Crippen LogP contribution in [0.5, 0.6) is 0 Å². The summed E-state index contributed by atoms with van der Waals surface area (Å²) in [7, 11) is 0. The van der Waals surface area contributed by atoms with Gasteiger partial charge in [0.15, 0.2) is 0 Å². The topological polar surface area (TPSA) is 15.3 Å². The summed E-state index contributed by atoms with van der Waals surface area (Å²) >= 11 is 8.49. The Hall–Kier alpha value is -0.940. The molecule has 112 valence electrons. The van der Waals surface area contributed by atoms with Crippen molar-refractivity contribution in [2.75, 3.05) is 23.3 Å². The van der Waals surface area contributed by atoms with Gasteiger partial charge in [0.25, 0.3) is 0 Å². The molecular weight excluding hydrogens is 395 g/mol. The first kappa shape index (κ1) is 16.4. The van der Waals surface area contributed by atoms with Crippen molar-refractivity contribution in [3.8, 4) is 0 Å². The molecule has 0 atom stereocenters. The normalized spacial score (nSPS) is 10.5. The minimum absolute atomic E-state index is 0.765. The summed E-state index contributed by atoms with van der Waals surface area (Å²) < 4.78 is 1.15. The van der Waals surface area contributed by atoms with E-state index in [-0.39, 0.29) is 0 Å². The van der Waals surface area contributed by atoms with E-state index in [4.69, 9.17) is 11.6 Å². The molecule has 0 radical (unpaired) electrons. The quantitative estimate of drug-likeness (QED) is 0.636. The van der Waals surface area contributed by atoms with Crippen LogP contribution in [0.2, 0.25) is 5.02 Å². The second kappa shape index (κ2) is 7.90. The van der Waals surface area contributed by atoms with Crippen LogP contribution in [-0.2, 0) is 6.54 Å². The van der Waals surface area contributed by atoms with E-state index < -0.39 is 0 Å². The van der Waals surface area contributed by atoms with Gasteiger partial charge in [-0.3, -0.25) is 0 Å². The summed E-state index contributed by atoms with van der Waals surface area (Å²) in [5, 5.41) is 4.15. The van der Waals surface area contributed by atoms with Crippen LogP contribution in [0.3, 0.4) is 0 Å². The number of hydrogen-bond acceptors (Lipinski definition) is 2. The Kier molecular flexibility index (Phi) is 6.18. The van der Waals surface area contributed by atoms with Crippen LogP contribution in [0.1, 0.15) is 19.4 Å². The molecule has 0 aromatic heterocycles. The lowest BCUT2D eigenvalue weighted by Crippen LogP contribution is -2.21. The molecule has 0 spiro atoms. The van der Waals surface area contributed by atoms with E-state index in [0.717, 1.165) is 33.9 Å². The van der Waals surface area contributed by atoms with Gasteiger partial charge in [-0.05, 0) is 72.3 Å². The van der Waals surface area contributed by atoms with Crippen molar-refractivity contribution in [1.82, 2.24) is 0 Å². The Morgan fingerprint density at radius 1 is 1.05 bits per heavy atom. The molecule has 4 heteroatoms. The van der Waals surface area contributed by atoms with Gasteiger partial charge in [-0.15, -0.1) is 0 Å². The fourth-order valence-corrected chi connectivity index (χ4v) is 3.17. The molecule has 0 heterocycles. The molecule has 2 aromatic rings. The van der Waals surface area contributed by atoms with Gasteiger partial charge in [-0.2, -0.15) is 0 Å². The van der Waals surface area contributed by atoms with Crippen molar-refractivity contribution in [2.24, 2.45) is 0 Å². The van der Waals surface area contributed by atoms with Gasteiger partial charge < -0.3 is 10.2 Å². The lowest BCUT2D eigenvalue weighted by Gasteiger charge is -2.21. The highest BCUT2D eigenvalue weighted by molar-refractivity contribution is 14.1. The molecule has 0 amide bonds. The predicted octanol–water partition coefficient (Wildman–Crippen LogP) is 5.40. The highest BCUT2D eigenvalue weighted by Crippen LogP contribution is 2.24. The van der Waals surface area contributed by atoms with Gasteiger partial charge in [0.2, 0.25) is 0 Å². The van der Waals surface area contributed by atoms with E-state index >= 15 is 0 Å². The van der Waals surface area contributed by atoms with Gasteiger partial charge in [0, 0.05) is 28.9 Å². The Balaban J connectivity index is 2.00. The van der Waals surface area contributed by atoms with Crippen LogP contribution in [0.4, 0.5) is 11.4 Å². The highest BCUT2D eigenvalue weighted by atomic mass is 127. The Morgan fingerprint density at radius 2 is 1.71 bits per heavy atom. The summed E-state index contributed by atoms with van der Waals surface area (Å²) in [6.07, 6.45) is 0. The van der Waals surface area contributed by atoms with Gasteiger partial charge in [0.1, 0.15) is 0 Å². The van der Waals surface area contributed by atoms with Crippen molar-refractivity contribution in [1.29, 1.82) is 0 Å². The average molecular weight is 415 g/mol. The number of nitrogens with zero attached hydrogens (tertiary/aromatic N) is 1. The van der Waals surface area contributed by atoms with Crippen molar-refractivity contribution < 1.29 is 0 Å². The largest absolute Gasteiger partial charge is 0.380 e. The second-order valence-corrected chi connectivity index (χ2v) is 6.47. The lowest BCUT2D eigenvalue weighted by atomic mass is 10.2. The van der Waals surface area contributed by atoms with Crippen LogP contribution in [0.15, 0.2) is 42.5 Å². The van der Waals surface area contributed by atoms with Crippen molar-refractivity contribution in [3.05, 3.63) is 56.6 Å². The Morgan fingerprint density at radius 3 is 2.29 bits per heavy atom. The summed E-state index contributed by atoms with van der Waals surface area (Å²) in [6, 6.07) is 14.7. The molecule has 21 heavy (non-hydrogen) atoms. The fraction of sp³-hybridized carbons (Fsp3) is 0.294. The van der Waals surface area contributed by atoms with Crippen molar-refractivity contribution in [2.45, 2.75) is 20.4 Å². The first-order chi connectivity index (χ1) is 10.1. The maximum Gasteiger partial charge on any atom is 0.0648 e. The molecule has 2 rings (SSSR count). The Labute approximate surface area is 145 Å². The summed E-state index contributed by atoms with van der Waals surface area (Å²) in [5.74, 6) is 0. The SMILES string of the molecule is CCN(CC)c1ccc(CNc2ccc(I)cc2Cl)cc1. The number of benzene rings is 2. The minimum Gasteiger partial charge on any atom is -0.380 e. The molecule has 0 saturated heterocycles. The van der Waals surface area contributed by atoms with Gasteiger partial charge in [-0.1, -0.05) is 23.7 Å². The molecule has 0 aliphatic carbocycles. The van der Waals surface area contributed by atoms with E-state index in [1.54, 1.807) is 0 Å². The Bertz CT molecular complexity index is 580. The molecular formula is C17H20ClIN2. The molecule has 1 N–H and O–H groups in total. The zero-order valence-corrected chi connectivity index (χ0v) is 15.3. The third-order valence-corrected chi connectivity index (χ3v) is 4.46. The summed E-state index contributed by atoms with van der Waals surface area (Å²) in [5.41, 5.74) is 3.50. The number of hydrogen-bond donors (Lipinski definition) is 1. The van der Waals surface area contributed by atoms with Gasteiger partial charge in [0.05, 0.1) is 10.7 Å². The lowest BCUT2D eigenvalue weighted by molar-refractivity contribution is 0.865. The second-order valence-electron chi connectivity index (χ2n) is 4.82. The van der Waals surface area contributed by atoms with Crippen LogP contribution >= 0.6 is 34.2 Å².